The first-order valence-corrected chi connectivity index (χ1v) is 20.0. The second kappa shape index (κ2) is 13.2. The fraction of sp³-hybridized carbons (Fsp3) is 0.0727. The van der Waals surface area contributed by atoms with Crippen LogP contribution in [0.3, 0.4) is 0 Å². The van der Waals surface area contributed by atoms with E-state index in [9.17, 15) is 0 Å². The molecule has 0 N–H and O–H groups in total. The molecule has 0 aliphatic heterocycles. The van der Waals surface area contributed by atoms with Crippen LogP contribution < -0.4 is 0 Å². The molecule has 0 saturated heterocycles. The predicted octanol–water partition coefficient (Wildman–Crippen LogP) is 13.2. The van der Waals surface area contributed by atoms with Gasteiger partial charge in [0.05, 0.1) is 5.41 Å². The molecule has 0 radical (unpaired) electrons. The summed E-state index contributed by atoms with van der Waals surface area (Å²) in [5.74, 6) is 1.92. The highest BCUT2D eigenvalue weighted by atomic mass is 15.0. The maximum atomic E-state index is 5.26. The van der Waals surface area contributed by atoms with Gasteiger partial charge in [-0.25, -0.2) is 15.0 Å². The molecule has 9 aromatic rings. The van der Waals surface area contributed by atoms with E-state index in [1.807, 2.05) is 12.1 Å². The highest BCUT2D eigenvalue weighted by molar-refractivity contribution is 5.90. The highest BCUT2D eigenvalue weighted by Gasteiger charge is 2.53. The minimum absolute atomic E-state index is 0.169. The van der Waals surface area contributed by atoms with Crippen molar-refractivity contribution in [2.75, 3.05) is 0 Å². The molecular formula is C55H39N3. The molecule has 0 amide bonds. The zero-order valence-electron chi connectivity index (χ0n) is 32.4. The van der Waals surface area contributed by atoms with E-state index in [0.717, 1.165) is 27.8 Å². The van der Waals surface area contributed by atoms with Crippen molar-refractivity contribution in [3.05, 3.63) is 234 Å². The molecule has 274 valence electrons. The van der Waals surface area contributed by atoms with Crippen LogP contribution in [-0.4, -0.2) is 15.0 Å². The van der Waals surface area contributed by atoms with E-state index in [4.69, 9.17) is 15.0 Å². The Morgan fingerprint density at radius 3 is 1.12 bits per heavy atom. The molecule has 3 nitrogen and oxygen atoms in total. The Kier molecular flexibility index (Phi) is 7.74. The number of aromatic nitrogens is 3. The first-order chi connectivity index (χ1) is 28.5. The van der Waals surface area contributed by atoms with Gasteiger partial charge in [0.15, 0.2) is 17.5 Å². The van der Waals surface area contributed by atoms with Crippen LogP contribution in [0.25, 0.3) is 67.5 Å². The van der Waals surface area contributed by atoms with E-state index in [0.29, 0.717) is 17.5 Å². The summed E-state index contributed by atoms with van der Waals surface area (Å²) in [5, 5.41) is 0. The SMILES string of the molecule is CC1(C)c2ccccc2C2(c3ccccc3-c3ccc(-c4nc(-c5ccc(-c6ccccc6)cc5)nc(-c5ccc(-c6ccccc6)cc5)n4)cc32)c2ccccc21. The summed E-state index contributed by atoms with van der Waals surface area (Å²) in [5.41, 5.74) is 17.2. The van der Waals surface area contributed by atoms with Crippen molar-refractivity contribution >= 4 is 0 Å². The van der Waals surface area contributed by atoms with E-state index in [-0.39, 0.29) is 5.41 Å². The molecule has 0 bridgehead atoms. The number of rotatable bonds is 5. The molecule has 3 heteroatoms. The van der Waals surface area contributed by atoms with Gasteiger partial charge < -0.3 is 0 Å². The van der Waals surface area contributed by atoms with E-state index >= 15 is 0 Å². The second-order valence-corrected chi connectivity index (χ2v) is 16.0. The third-order valence-corrected chi connectivity index (χ3v) is 12.4. The van der Waals surface area contributed by atoms with Crippen LogP contribution in [0.2, 0.25) is 0 Å². The van der Waals surface area contributed by atoms with Gasteiger partial charge in [-0.05, 0) is 72.8 Å². The number of benzene rings is 8. The maximum absolute atomic E-state index is 5.26. The van der Waals surface area contributed by atoms with E-state index in [2.05, 4.69) is 202 Å². The van der Waals surface area contributed by atoms with Crippen LogP contribution >= 0.6 is 0 Å². The molecule has 58 heavy (non-hydrogen) atoms. The lowest BCUT2D eigenvalue weighted by Gasteiger charge is -2.46. The average molecular weight is 742 g/mol. The second-order valence-electron chi connectivity index (χ2n) is 16.0. The number of hydrogen-bond donors (Lipinski definition) is 0. The molecule has 0 atom stereocenters. The fourth-order valence-electron chi connectivity index (χ4n) is 9.65. The average Bonchev–Trinajstić information content (AvgIpc) is 3.59. The van der Waals surface area contributed by atoms with Crippen LogP contribution in [0.15, 0.2) is 200 Å². The van der Waals surface area contributed by atoms with E-state index < -0.39 is 5.41 Å². The lowest BCUT2D eigenvalue weighted by atomic mass is 9.55. The summed E-state index contributed by atoms with van der Waals surface area (Å²) in [6.07, 6.45) is 0. The Bertz CT molecular complexity index is 2850. The summed E-state index contributed by atoms with van der Waals surface area (Å²) in [4.78, 5) is 15.7. The zero-order valence-corrected chi connectivity index (χ0v) is 32.4. The standard InChI is InChI=1S/C55H39N3/c1-54(2)46-21-11-13-23-48(46)55(49-24-14-12-22-47(49)54)45-20-10-9-19-43(45)44-34-33-42(35-50(44)55)53-57-51(40-29-25-38(26-30-40)36-15-5-3-6-16-36)56-52(58-53)41-31-27-39(28-32-41)37-17-7-4-8-18-37/h3-35H,1-2H3. The maximum Gasteiger partial charge on any atom is 0.164 e. The molecule has 8 aromatic carbocycles. The van der Waals surface area contributed by atoms with Crippen molar-refractivity contribution in [2.24, 2.45) is 0 Å². The quantitative estimate of drug-likeness (QED) is 0.176. The van der Waals surface area contributed by atoms with Crippen LogP contribution in [0.4, 0.5) is 0 Å². The Morgan fingerprint density at radius 1 is 0.276 bits per heavy atom. The topological polar surface area (TPSA) is 38.7 Å². The normalized spacial score (nSPS) is 14.0. The van der Waals surface area contributed by atoms with E-state index in [1.54, 1.807) is 0 Å². The van der Waals surface area contributed by atoms with Crippen LogP contribution in [0, 0.1) is 0 Å². The van der Waals surface area contributed by atoms with Gasteiger partial charge in [-0.1, -0.05) is 208 Å². The monoisotopic (exact) mass is 741 g/mol. The van der Waals surface area contributed by atoms with Gasteiger partial charge in [-0.3, -0.25) is 0 Å². The first-order valence-electron chi connectivity index (χ1n) is 20.0. The van der Waals surface area contributed by atoms with Crippen LogP contribution in [-0.2, 0) is 10.8 Å². The molecule has 2 aliphatic carbocycles. The molecule has 0 fully saturated rings. The van der Waals surface area contributed by atoms with Crippen molar-refractivity contribution in [1.82, 2.24) is 15.0 Å². The largest absolute Gasteiger partial charge is 0.208 e. The van der Waals surface area contributed by atoms with Crippen molar-refractivity contribution < 1.29 is 0 Å². The van der Waals surface area contributed by atoms with Crippen molar-refractivity contribution in [3.63, 3.8) is 0 Å². The molecule has 1 heterocycles. The van der Waals surface area contributed by atoms with Gasteiger partial charge in [-0.2, -0.15) is 0 Å². The third kappa shape index (κ3) is 5.17. The van der Waals surface area contributed by atoms with Gasteiger partial charge in [0.1, 0.15) is 0 Å². The van der Waals surface area contributed by atoms with Gasteiger partial charge in [0, 0.05) is 22.1 Å². The fourth-order valence-corrected chi connectivity index (χ4v) is 9.65. The number of fused-ring (bicyclic) bond motifs is 9. The van der Waals surface area contributed by atoms with Gasteiger partial charge in [-0.15, -0.1) is 0 Å². The smallest absolute Gasteiger partial charge is 0.164 e. The Balaban J connectivity index is 1.12. The first kappa shape index (κ1) is 34.1. The summed E-state index contributed by atoms with van der Waals surface area (Å²) in [7, 11) is 0. The summed E-state index contributed by atoms with van der Waals surface area (Å²) in [6.45, 7) is 4.73. The zero-order chi connectivity index (χ0) is 38.8. The predicted molar refractivity (Wildman–Crippen MR) is 236 cm³/mol. The number of hydrogen-bond acceptors (Lipinski definition) is 3. The lowest BCUT2D eigenvalue weighted by molar-refractivity contribution is 0.563. The van der Waals surface area contributed by atoms with Crippen LogP contribution in [0.1, 0.15) is 47.2 Å². The van der Waals surface area contributed by atoms with E-state index in [1.165, 1.54) is 55.6 Å². The Labute approximate surface area is 339 Å². The molecule has 1 spiro atoms. The van der Waals surface area contributed by atoms with Gasteiger partial charge in [0.25, 0.3) is 0 Å². The molecular weight excluding hydrogens is 703 g/mol. The van der Waals surface area contributed by atoms with Gasteiger partial charge >= 0.3 is 0 Å². The minimum atomic E-state index is -0.510. The van der Waals surface area contributed by atoms with Crippen molar-refractivity contribution in [2.45, 2.75) is 24.7 Å². The Hall–Kier alpha value is -7.23. The van der Waals surface area contributed by atoms with Crippen molar-refractivity contribution in [3.8, 4) is 67.5 Å². The highest BCUT2D eigenvalue weighted by Crippen LogP contribution is 2.62. The van der Waals surface area contributed by atoms with Gasteiger partial charge in [0.2, 0.25) is 0 Å². The molecule has 11 rings (SSSR count). The molecule has 0 saturated carbocycles. The Morgan fingerprint density at radius 2 is 0.621 bits per heavy atom. The summed E-state index contributed by atoms with van der Waals surface area (Å²) < 4.78 is 0. The number of nitrogens with zero attached hydrogens (tertiary/aromatic N) is 3. The molecule has 2 aliphatic rings. The van der Waals surface area contributed by atoms with Crippen LogP contribution in [0.5, 0.6) is 0 Å². The summed E-state index contributed by atoms with van der Waals surface area (Å²) in [6, 6.07) is 71.9. The lowest BCUT2D eigenvalue weighted by Crippen LogP contribution is -2.40. The summed E-state index contributed by atoms with van der Waals surface area (Å²) >= 11 is 0. The third-order valence-electron chi connectivity index (χ3n) is 12.4. The van der Waals surface area contributed by atoms with Crippen molar-refractivity contribution in [1.29, 1.82) is 0 Å². The molecule has 1 aromatic heterocycles. The minimum Gasteiger partial charge on any atom is -0.208 e. The molecule has 0 unspecified atom stereocenters.